The van der Waals surface area contributed by atoms with Crippen LogP contribution in [0, 0.1) is 10.1 Å². The maximum atomic E-state index is 11.3. The van der Waals surface area contributed by atoms with Crippen molar-refractivity contribution >= 4 is 23.0 Å². The van der Waals surface area contributed by atoms with Gasteiger partial charge in [-0.15, -0.1) is 0 Å². The maximum Gasteiger partial charge on any atom is 0.286 e. The molecule has 2 rings (SSSR count). The van der Waals surface area contributed by atoms with Gasteiger partial charge in [0.05, 0.1) is 16.3 Å². The smallest absolute Gasteiger partial charge is 0.286 e. The highest BCUT2D eigenvalue weighted by molar-refractivity contribution is 6.04. The van der Waals surface area contributed by atoms with Crippen molar-refractivity contribution in [1.29, 1.82) is 0 Å². The number of nitrogens with two attached hydrogens (primary N) is 1. The molecule has 0 spiro atoms. The molecule has 0 aromatic heterocycles. The van der Waals surface area contributed by atoms with Crippen LogP contribution in [-0.4, -0.2) is 29.1 Å². The fourth-order valence-electron chi connectivity index (χ4n) is 1.61. The summed E-state index contributed by atoms with van der Waals surface area (Å²) < 4.78 is 0. The second-order valence-electron chi connectivity index (χ2n) is 3.61. The Morgan fingerprint density at radius 1 is 1.53 bits per heavy atom. The maximum absolute atomic E-state index is 11.3. The van der Waals surface area contributed by atoms with E-state index < -0.39 is 16.5 Å². The molecule has 1 aromatic carbocycles. The lowest BCUT2D eigenvalue weighted by Gasteiger charge is -2.10. The topological polar surface area (TPSA) is 122 Å². The minimum Gasteiger partial charge on any atom is -0.367 e. The zero-order valence-corrected chi connectivity index (χ0v) is 8.71. The van der Waals surface area contributed by atoms with Gasteiger partial charge < -0.3 is 10.6 Å². The third-order valence-corrected chi connectivity index (χ3v) is 2.46. The standard InChI is InChI=1S/C9H10N4O4/c10-9(14)8-6(12-1-2-12)3-5(11-15)4-7(8)13(16)17/h3-4,11,15H,1-2H2,(H2,10,14). The number of nitro benzene ring substituents is 1. The molecule has 90 valence electrons. The van der Waals surface area contributed by atoms with Crippen molar-refractivity contribution < 1.29 is 14.9 Å². The molecule has 1 aromatic rings. The molecule has 1 saturated heterocycles. The van der Waals surface area contributed by atoms with E-state index in [-0.39, 0.29) is 11.3 Å². The van der Waals surface area contributed by atoms with E-state index in [1.165, 1.54) is 6.07 Å². The van der Waals surface area contributed by atoms with Crippen LogP contribution in [0.2, 0.25) is 0 Å². The molecule has 1 aliphatic rings. The van der Waals surface area contributed by atoms with Gasteiger partial charge in [-0.2, -0.15) is 0 Å². The molecule has 0 saturated carbocycles. The average Bonchev–Trinajstić information content (AvgIpc) is 3.10. The number of anilines is 2. The number of carbonyl (C=O) groups is 1. The van der Waals surface area contributed by atoms with Gasteiger partial charge in [0.1, 0.15) is 5.56 Å². The van der Waals surface area contributed by atoms with Gasteiger partial charge >= 0.3 is 0 Å². The fraction of sp³-hybridized carbons (Fsp3) is 0.222. The van der Waals surface area contributed by atoms with Gasteiger partial charge in [0.2, 0.25) is 0 Å². The summed E-state index contributed by atoms with van der Waals surface area (Å²) >= 11 is 0. The Hall–Kier alpha value is -2.35. The minimum absolute atomic E-state index is 0.133. The molecular weight excluding hydrogens is 228 g/mol. The normalized spacial score (nSPS) is 13.4. The van der Waals surface area contributed by atoms with E-state index >= 15 is 0 Å². The van der Waals surface area contributed by atoms with Crippen LogP contribution in [0.4, 0.5) is 17.1 Å². The zero-order chi connectivity index (χ0) is 12.6. The molecule has 0 aliphatic carbocycles. The Balaban J connectivity index is 2.66. The quantitative estimate of drug-likeness (QED) is 0.394. The van der Waals surface area contributed by atoms with Crippen LogP contribution in [0.1, 0.15) is 10.4 Å². The second kappa shape index (κ2) is 3.91. The van der Waals surface area contributed by atoms with Gasteiger partial charge in [-0.3, -0.25) is 25.6 Å². The van der Waals surface area contributed by atoms with Gasteiger partial charge in [0.25, 0.3) is 11.6 Å². The van der Waals surface area contributed by atoms with Crippen molar-refractivity contribution in [3.05, 3.63) is 27.8 Å². The predicted molar refractivity (Wildman–Crippen MR) is 59.2 cm³/mol. The molecule has 0 bridgehead atoms. The van der Waals surface area contributed by atoms with E-state index in [4.69, 9.17) is 10.9 Å². The Bertz CT molecular complexity index is 498. The van der Waals surface area contributed by atoms with Crippen molar-refractivity contribution in [1.82, 2.24) is 0 Å². The highest BCUT2D eigenvalue weighted by Gasteiger charge is 2.30. The summed E-state index contributed by atoms with van der Waals surface area (Å²) in [4.78, 5) is 23.2. The lowest BCUT2D eigenvalue weighted by Crippen LogP contribution is -2.16. The predicted octanol–water partition coefficient (Wildman–Crippen LogP) is 0.315. The third kappa shape index (κ3) is 1.97. The third-order valence-electron chi connectivity index (χ3n) is 2.46. The molecule has 17 heavy (non-hydrogen) atoms. The number of hydrogen-bond donors (Lipinski definition) is 3. The molecular formula is C9H10N4O4. The first-order chi connectivity index (χ1) is 8.04. The van der Waals surface area contributed by atoms with Crippen molar-refractivity contribution in [2.75, 3.05) is 23.5 Å². The van der Waals surface area contributed by atoms with Crippen molar-refractivity contribution in [3.63, 3.8) is 0 Å². The van der Waals surface area contributed by atoms with Crippen LogP contribution in [0.3, 0.4) is 0 Å². The van der Waals surface area contributed by atoms with Gasteiger partial charge in [0, 0.05) is 19.2 Å². The molecule has 8 heteroatoms. The molecule has 4 N–H and O–H groups in total. The highest BCUT2D eigenvalue weighted by atomic mass is 16.6. The van der Waals surface area contributed by atoms with E-state index in [0.717, 1.165) is 6.07 Å². The minimum atomic E-state index is -0.858. The average molecular weight is 238 g/mol. The number of primary amides is 1. The molecule has 1 fully saturated rings. The Morgan fingerprint density at radius 2 is 2.18 bits per heavy atom. The first kappa shape index (κ1) is 11.1. The summed E-state index contributed by atoms with van der Waals surface area (Å²) in [7, 11) is 0. The molecule has 1 amide bonds. The van der Waals surface area contributed by atoms with Crippen LogP contribution in [0.15, 0.2) is 12.1 Å². The van der Waals surface area contributed by atoms with Crippen molar-refractivity contribution in [2.45, 2.75) is 0 Å². The fourth-order valence-corrected chi connectivity index (χ4v) is 1.61. The molecule has 8 nitrogen and oxygen atoms in total. The van der Waals surface area contributed by atoms with Crippen LogP contribution >= 0.6 is 0 Å². The lowest BCUT2D eigenvalue weighted by molar-refractivity contribution is -0.385. The van der Waals surface area contributed by atoms with Crippen LogP contribution in [0.5, 0.6) is 0 Å². The van der Waals surface area contributed by atoms with Gasteiger partial charge in [-0.1, -0.05) is 0 Å². The summed E-state index contributed by atoms with van der Waals surface area (Å²) in [6.45, 7) is 1.40. The summed E-state index contributed by atoms with van der Waals surface area (Å²) in [6.07, 6.45) is 0. The summed E-state index contributed by atoms with van der Waals surface area (Å²) in [5.41, 5.74) is 6.94. The number of rotatable bonds is 4. The van der Waals surface area contributed by atoms with E-state index in [1.807, 2.05) is 5.48 Å². The van der Waals surface area contributed by atoms with E-state index in [2.05, 4.69) is 0 Å². The van der Waals surface area contributed by atoms with E-state index in [1.54, 1.807) is 4.90 Å². The molecule has 1 heterocycles. The Kier molecular flexibility index (Phi) is 2.56. The number of nitro groups is 1. The van der Waals surface area contributed by atoms with Gasteiger partial charge in [0.15, 0.2) is 0 Å². The SMILES string of the molecule is NC(=O)c1c(N2CC2)cc(NO)cc1[N+](=O)[O-]. The highest BCUT2D eigenvalue weighted by Crippen LogP contribution is 2.35. The van der Waals surface area contributed by atoms with Gasteiger partial charge in [-0.25, -0.2) is 0 Å². The number of carbonyl (C=O) groups excluding carboxylic acids is 1. The van der Waals surface area contributed by atoms with Crippen LogP contribution in [-0.2, 0) is 0 Å². The number of hydrogen-bond acceptors (Lipinski definition) is 6. The molecule has 1 aliphatic heterocycles. The summed E-state index contributed by atoms with van der Waals surface area (Å²) in [5.74, 6) is -0.858. The first-order valence-corrected chi connectivity index (χ1v) is 4.82. The summed E-state index contributed by atoms with van der Waals surface area (Å²) in [5, 5.41) is 19.7. The van der Waals surface area contributed by atoms with Crippen LogP contribution in [0.25, 0.3) is 0 Å². The Labute approximate surface area is 95.7 Å². The number of benzene rings is 1. The monoisotopic (exact) mass is 238 g/mol. The van der Waals surface area contributed by atoms with Crippen molar-refractivity contribution in [2.24, 2.45) is 5.73 Å². The first-order valence-electron chi connectivity index (χ1n) is 4.82. The zero-order valence-electron chi connectivity index (χ0n) is 8.71. The molecule has 0 unspecified atom stereocenters. The number of amides is 1. The molecule has 0 atom stereocenters. The van der Waals surface area contributed by atoms with Crippen molar-refractivity contribution in [3.8, 4) is 0 Å². The number of nitrogens with one attached hydrogen (secondary N) is 1. The van der Waals surface area contributed by atoms with Gasteiger partial charge in [-0.05, 0) is 6.07 Å². The lowest BCUT2D eigenvalue weighted by atomic mass is 10.1. The number of nitrogens with zero attached hydrogens (tertiary/aromatic N) is 2. The van der Waals surface area contributed by atoms with E-state index in [9.17, 15) is 14.9 Å². The van der Waals surface area contributed by atoms with Crippen LogP contribution < -0.4 is 16.1 Å². The van der Waals surface area contributed by atoms with E-state index in [0.29, 0.717) is 18.8 Å². The molecule has 0 radical (unpaired) electrons. The second-order valence-corrected chi connectivity index (χ2v) is 3.61. The summed E-state index contributed by atoms with van der Waals surface area (Å²) in [6, 6.07) is 2.51. The Morgan fingerprint density at radius 3 is 2.59 bits per heavy atom. The largest absolute Gasteiger partial charge is 0.367 e.